The van der Waals surface area contributed by atoms with Gasteiger partial charge in [-0.15, -0.1) is 11.8 Å². The van der Waals surface area contributed by atoms with Gasteiger partial charge in [-0.25, -0.2) is 0 Å². The van der Waals surface area contributed by atoms with Gasteiger partial charge in [-0.1, -0.05) is 37.6 Å². The van der Waals surface area contributed by atoms with Crippen LogP contribution in [0.15, 0.2) is 52.0 Å². The molecule has 0 fully saturated rings. The van der Waals surface area contributed by atoms with Gasteiger partial charge in [0.1, 0.15) is 5.76 Å². The van der Waals surface area contributed by atoms with Crippen LogP contribution in [0.1, 0.15) is 25.2 Å². The second-order valence-corrected chi connectivity index (χ2v) is 7.68. The van der Waals surface area contributed by atoms with Gasteiger partial charge in [-0.2, -0.15) is 0 Å². The molecule has 0 aliphatic carbocycles. The Bertz CT molecular complexity index is 794. The minimum atomic E-state index is -0.304. The highest BCUT2D eigenvalue weighted by Gasteiger charge is 2.39. The van der Waals surface area contributed by atoms with Crippen molar-refractivity contribution in [2.45, 2.75) is 25.6 Å². The molecule has 1 aliphatic rings. The number of rotatable bonds is 5. The van der Waals surface area contributed by atoms with E-state index in [-0.39, 0.29) is 23.6 Å². The normalized spacial score (nSPS) is 15.1. The van der Waals surface area contributed by atoms with Gasteiger partial charge in [0.25, 0.3) is 11.8 Å². The molecule has 4 nitrogen and oxygen atoms in total. The zero-order chi connectivity index (χ0) is 17.3. The van der Waals surface area contributed by atoms with Crippen LogP contribution in [0.2, 0.25) is 5.02 Å². The third kappa shape index (κ3) is 3.28. The van der Waals surface area contributed by atoms with Crippen LogP contribution in [0.25, 0.3) is 5.57 Å². The molecule has 24 heavy (non-hydrogen) atoms. The number of halogens is 1. The summed E-state index contributed by atoms with van der Waals surface area (Å²) in [5.74, 6) is -0.00937. The van der Waals surface area contributed by atoms with Gasteiger partial charge < -0.3 is 4.42 Å². The molecule has 1 aliphatic heterocycles. The summed E-state index contributed by atoms with van der Waals surface area (Å²) in [5.41, 5.74) is 1.13. The zero-order valence-corrected chi connectivity index (χ0v) is 14.9. The van der Waals surface area contributed by atoms with Crippen LogP contribution < -0.4 is 0 Å². The second kappa shape index (κ2) is 6.87. The predicted molar refractivity (Wildman–Crippen MR) is 95.4 cm³/mol. The highest BCUT2D eigenvalue weighted by atomic mass is 35.5. The first kappa shape index (κ1) is 16.9. The van der Waals surface area contributed by atoms with Gasteiger partial charge in [0.2, 0.25) is 0 Å². The number of amides is 2. The fourth-order valence-corrected chi connectivity index (χ4v) is 3.60. The summed E-state index contributed by atoms with van der Waals surface area (Å²) in [5, 5.41) is 0.768. The molecule has 0 atom stereocenters. The molecule has 1 aromatic carbocycles. The zero-order valence-electron chi connectivity index (χ0n) is 13.3. The Kier molecular flexibility index (Phi) is 4.83. The topological polar surface area (TPSA) is 50.5 Å². The summed E-state index contributed by atoms with van der Waals surface area (Å²) in [4.78, 5) is 27.4. The van der Waals surface area contributed by atoms with Crippen molar-refractivity contribution in [1.82, 2.24) is 4.90 Å². The number of carbonyl (C=O) groups excluding carboxylic acids is 2. The van der Waals surface area contributed by atoms with E-state index in [0.29, 0.717) is 26.8 Å². The molecule has 0 spiro atoms. The van der Waals surface area contributed by atoms with E-state index < -0.39 is 0 Å². The Balaban J connectivity index is 2.00. The first-order chi connectivity index (χ1) is 11.5. The molecule has 1 aromatic heterocycles. The lowest BCUT2D eigenvalue weighted by Crippen LogP contribution is -2.30. The third-order valence-corrected chi connectivity index (χ3v) is 4.84. The van der Waals surface area contributed by atoms with Crippen LogP contribution >= 0.6 is 23.4 Å². The van der Waals surface area contributed by atoms with Crippen molar-refractivity contribution in [3.8, 4) is 0 Å². The van der Waals surface area contributed by atoms with Gasteiger partial charge in [0.05, 0.1) is 23.3 Å². The molecule has 0 saturated carbocycles. The van der Waals surface area contributed by atoms with Crippen molar-refractivity contribution in [1.29, 1.82) is 0 Å². The van der Waals surface area contributed by atoms with Crippen molar-refractivity contribution in [3.05, 3.63) is 63.9 Å². The Morgan fingerprint density at radius 3 is 2.42 bits per heavy atom. The Morgan fingerprint density at radius 2 is 1.83 bits per heavy atom. The fourth-order valence-electron chi connectivity index (χ4n) is 2.47. The van der Waals surface area contributed by atoms with Crippen molar-refractivity contribution in [2.75, 3.05) is 0 Å². The molecule has 0 unspecified atom stereocenters. The van der Waals surface area contributed by atoms with E-state index in [0.717, 1.165) is 0 Å². The van der Waals surface area contributed by atoms with E-state index in [2.05, 4.69) is 0 Å². The summed E-state index contributed by atoms with van der Waals surface area (Å²) < 4.78 is 5.28. The van der Waals surface area contributed by atoms with E-state index in [9.17, 15) is 9.59 Å². The van der Waals surface area contributed by atoms with Gasteiger partial charge in [0.15, 0.2) is 0 Å². The predicted octanol–water partition coefficient (Wildman–Crippen LogP) is 4.35. The van der Waals surface area contributed by atoms with Crippen LogP contribution in [-0.2, 0) is 16.1 Å². The standard InChI is InChI=1S/C18H16ClNO3S/c1-11(2)24-16-15(12-5-7-13(19)8-6-12)17(21)20(18(16)22)10-14-4-3-9-23-14/h3-9,11H,10H2,1-2H3. The van der Waals surface area contributed by atoms with Crippen LogP contribution in [-0.4, -0.2) is 22.0 Å². The van der Waals surface area contributed by atoms with Gasteiger partial charge in [-0.05, 0) is 29.8 Å². The molecule has 0 saturated heterocycles. The number of nitrogens with zero attached hydrogens (tertiary/aromatic N) is 1. The molecule has 0 bridgehead atoms. The first-order valence-corrected chi connectivity index (χ1v) is 8.78. The smallest absolute Gasteiger partial charge is 0.268 e. The number of carbonyl (C=O) groups is 2. The van der Waals surface area contributed by atoms with Gasteiger partial charge >= 0.3 is 0 Å². The van der Waals surface area contributed by atoms with E-state index in [4.69, 9.17) is 16.0 Å². The van der Waals surface area contributed by atoms with Crippen molar-refractivity contribution in [2.24, 2.45) is 0 Å². The molecular weight excluding hydrogens is 346 g/mol. The lowest BCUT2D eigenvalue weighted by atomic mass is 10.1. The van der Waals surface area contributed by atoms with Gasteiger partial charge in [0, 0.05) is 10.3 Å². The van der Waals surface area contributed by atoms with Crippen LogP contribution in [0.3, 0.4) is 0 Å². The number of thioether (sulfide) groups is 1. The number of imide groups is 1. The maximum absolute atomic E-state index is 12.9. The number of hydrogen-bond donors (Lipinski definition) is 0. The SMILES string of the molecule is CC(C)SC1=C(c2ccc(Cl)cc2)C(=O)N(Cc2ccco2)C1=O. The molecule has 2 amide bonds. The maximum Gasteiger partial charge on any atom is 0.268 e. The summed E-state index contributed by atoms with van der Waals surface area (Å²) >= 11 is 7.33. The highest BCUT2D eigenvalue weighted by Crippen LogP contribution is 2.38. The first-order valence-electron chi connectivity index (χ1n) is 7.53. The van der Waals surface area contributed by atoms with Crippen LogP contribution in [0.4, 0.5) is 0 Å². The molecule has 6 heteroatoms. The molecule has 124 valence electrons. The van der Waals surface area contributed by atoms with Crippen LogP contribution in [0.5, 0.6) is 0 Å². The largest absolute Gasteiger partial charge is 0.467 e. The van der Waals surface area contributed by atoms with Gasteiger partial charge in [-0.3, -0.25) is 14.5 Å². The lowest BCUT2D eigenvalue weighted by Gasteiger charge is -2.13. The Morgan fingerprint density at radius 1 is 1.12 bits per heavy atom. The number of furan rings is 1. The molecule has 0 N–H and O–H groups in total. The number of benzene rings is 1. The average molecular weight is 362 g/mol. The monoisotopic (exact) mass is 361 g/mol. The molecule has 3 rings (SSSR count). The van der Waals surface area contributed by atoms with E-state index >= 15 is 0 Å². The Hall–Kier alpha value is -1.98. The maximum atomic E-state index is 12.9. The molecule has 2 heterocycles. The lowest BCUT2D eigenvalue weighted by molar-refractivity contribution is -0.137. The van der Waals surface area contributed by atoms with E-state index in [1.807, 2.05) is 13.8 Å². The quantitative estimate of drug-likeness (QED) is 0.743. The summed E-state index contributed by atoms with van der Waals surface area (Å²) in [6, 6.07) is 10.4. The summed E-state index contributed by atoms with van der Waals surface area (Å²) in [7, 11) is 0. The third-order valence-electron chi connectivity index (χ3n) is 3.51. The molecular formula is C18H16ClNO3S. The van der Waals surface area contributed by atoms with Crippen molar-refractivity contribution in [3.63, 3.8) is 0 Å². The summed E-state index contributed by atoms with van der Waals surface area (Å²) in [6.45, 7) is 4.11. The minimum absolute atomic E-state index is 0.129. The van der Waals surface area contributed by atoms with Crippen molar-refractivity contribution < 1.29 is 14.0 Å². The summed E-state index contributed by atoms with van der Waals surface area (Å²) in [6.07, 6.45) is 1.53. The fraction of sp³-hybridized carbons (Fsp3) is 0.222. The van der Waals surface area contributed by atoms with E-state index in [1.165, 1.54) is 22.9 Å². The average Bonchev–Trinajstić information content (AvgIpc) is 3.12. The second-order valence-electron chi connectivity index (χ2n) is 5.65. The minimum Gasteiger partial charge on any atom is -0.467 e. The molecule has 0 radical (unpaired) electrons. The Labute approximate surface area is 149 Å². The van der Waals surface area contributed by atoms with Crippen LogP contribution in [0, 0.1) is 0 Å². The number of hydrogen-bond acceptors (Lipinski definition) is 4. The van der Waals surface area contributed by atoms with E-state index in [1.54, 1.807) is 36.4 Å². The highest BCUT2D eigenvalue weighted by molar-refractivity contribution is 8.04. The van der Waals surface area contributed by atoms with Crippen molar-refractivity contribution >= 4 is 40.8 Å². The molecule has 2 aromatic rings.